The van der Waals surface area contributed by atoms with Crippen LogP contribution in [0.4, 0.5) is 4.39 Å². The van der Waals surface area contributed by atoms with Gasteiger partial charge < -0.3 is 5.32 Å². The van der Waals surface area contributed by atoms with E-state index in [4.69, 9.17) is 0 Å². The van der Waals surface area contributed by atoms with E-state index in [-0.39, 0.29) is 11.4 Å². The fourth-order valence-electron chi connectivity index (χ4n) is 2.07. The Hall–Kier alpha value is -2.75. The summed E-state index contributed by atoms with van der Waals surface area (Å²) in [6, 6.07) is 6.30. The SMILES string of the molecule is C=C/C=C(\C=C)CCNC(=O)c1cnc2c(F)cccc2c1. The molecule has 0 unspecified atom stereocenters. The molecule has 0 aliphatic carbocycles. The molecule has 0 saturated carbocycles. The maximum atomic E-state index is 13.5. The zero-order chi connectivity index (χ0) is 15.9. The maximum absolute atomic E-state index is 13.5. The molecule has 2 rings (SSSR count). The van der Waals surface area contributed by atoms with Gasteiger partial charge in [-0.25, -0.2) is 4.39 Å². The van der Waals surface area contributed by atoms with Gasteiger partial charge in [0.1, 0.15) is 11.3 Å². The van der Waals surface area contributed by atoms with Crippen LogP contribution in [0.1, 0.15) is 16.8 Å². The lowest BCUT2D eigenvalue weighted by molar-refractivity contribution is 0.0954. The first kappa shape index (κ1) is 15.6. The first-order valence-electron chi connectivity index (χ1n) is 6.92. The summed E-state index contributed by atoms with van der Waals surface area (Å²) in [6.07, 6.45) is 7.31. The molecule has 22 heavy (non-hydrogen) atoms. The lowest BCUT2D eigenvalue weighted by Crippen LogP contribution is -2.24. The second kappa shape index (κ2) is 7.31. The van der Waals surface area contributed by atoms with Gasteiger partial charge in [0.2, 0.25) is 0 Å². The van der Waals surface area contributed by atoms with Gasteiger partial charge in [0.15, 0.2) is 0 Å². The van der Waals surface area contributed by atoms with Crippen molar-refractivity contribution in [1.82, 2.24) is 10.3 Å². The minimum Gasteiger partial charge on any atom is -0.352 e. The summed E-state index contributed by atoms with van der Waals surface area (Å²) in [5.41, 5.74) is 1.67. The van der Waals surface area contributed by atoms with E-state index in [0.717, 1.165) is 5.57 Å². The third kappa shape index (κ3) is 3.67. The topological polar surface area (TPSA) is 42.0 Å². The molecule has 112 valence electrons. The summed E-state index contributed by atoms with van der Waals surface area (Å²) in [7, 11) is 0. The number of carbonyl (C=O) groups is 1. The highest BCUT2D eigenvalue weighted by Crippen LogP contribution is 2.16. The number of benzene rings is 1. The van der Waals surface area contributed by atoms with E-state index >= 15 is 0 Å². The molecular formula is C18H17FN2O. The number of nitrogens with one attached hydrogen (secondary N) is 1. The normalized spacial score (nSPS) is 11.2. The number of nitrogens with zero attached hydrogens (tertiary/aromatic N) is 1. The van der Waals surface area contributed by atoms with Crippen LogP contribution in [0.15, 0.2) is 67.4 Å². The number of rotatable bonds is 6. The highest BCUT2D eigenvalue weighted by Gasteiger charge is 2.08. The van der Waals surface area contributed by atoms with Crippen molar-refractivity contribution >= 4 is 16.8 Å². The number of carbonyl (C=O) groups excluding carboxylic acids is 1. The number of halogens is 1. The van der Waals surface area contributed by atoms with Crippen molar-refractivity contribution in [2.45, 2.75) is 6.42 Å². The highest BCUT2D eigenvalue weighted by atomic mass is 19.1. The predicted octanol–water partition coefficient (Wildman–Crippen LogP) is 3.79. The van der Waals surface area contributed by atoms with Crippen molar-refractivity contribution in [2.24, 2.45) is 0 Å². The summed E-state index contributed by atoms with van der Waals surface area (Å²) >= 11 is 0. The lowest BCUT2D eigenvalue weighted by Gasteiger charge is -2.06. The zero-order valence-electron chi connectivity index (χ0n) is 12.2. The molecule has 1 N–H and O–H groups in total. The lowest BCUT2D eigenvalue weighted by atomic mass is 10.1. The molecule has 1 aromatic heterocycles. The van der Waals surface area contributed by atoms with Crippen LogP contribution in [0, 0.1) is 5.82 Å². The monoisotopic (exact) mass is 296 g/mol. The number of aromatic nitrogens is 1. The Kier molecular flexibility index (Phi) is 5.20. The smallest absolute Gasteiger partial charge is 0.252 e. The predicted molar refractivity (Wildman–Crippen MR) is 87.1 cm³/mol. The molecule has 0 fully saturated rings. The number of hydrogen-bond donors (Lipinski definition) is 1. The van der Waals surface area contributed by atoms with Crippen molar-refractivity contribution in [3.8, 4) is 0 Å². The van der Waals surface area contributed by atoms with E-state index in [0.29, 0.717) is 23.9 Å². The molecule has 0 bridgehead atoms. The fraction of sp³-hybridized carbons (Fsp3) is 0.111. The average Bonchev–Trinajstić information content (AvgIpc) is 2.53. The molecule has 0 aliphatic heterocycles. The minimum atomic E-state index is -0.394. The van der Waals surface area contributed by atoms with Gasteiger partial charge in [-0.1, -0.05) is 43.5 Å². The Morgan fingerprint density at radius 1 is 1.36 bits per heavy atom. The van der Waals surface area contributed by atoms with Crippen molar-refractivity contribution in [1.29, 1.82) is 0 Å². The van der Waals surface area contributed by atoms with Gasteiger partial charge in [-0.2, -0.15) is 0 Å². The van der Waals surface area contributed by atoms with Gasteiger partial charge in [0.05, 0.1) is 5.56 Å². The maximum Gasteiger partial charge on any atom is 0.252 e. The van der Waals surface area contributed by atoms with Crippen LogP contribution in [-0.2, 0) is 0 Å². The summed E-state index contributed by atoms with van der Waals surface area (Å²) in [5.74, 6) is -0.629. The van der Waals surface area contributed by atoms with E-state index in [1.165, 1.54) is 12.3 Å². The average molecular weight is 296 g/mol. The van der Waals surface area contributed by atoms with Gasteiger partial charge >= 0.3 is 0 Å². The van der Waals surface area contributed by atoms with Crippen molar-refractivity contribution in [2.75, 3.05) is 6.54 Å². The number of fused-ring (bicyclic) bond motifs is 1. The van der Waals surface area contributed by atoms with Crippen molar-refractivity contribution in [3.05, 3.63) is 78.8 Å². The highest BCUT2D eigenvalue weighted by molar-refractivity contribution is 5.97. The van der Waals surface area contributed by atoms with Crippen LogP contribution in [0.25, 0.3) is 10.9 Å². The number of hydrogen-bond acceptors (Lipinski definition) is 2. The van der Waals surface area contributed by atoms with Gasteiger partial charge in [-0.05, 0) is 24.1 Å². The first-order chi connectivity index (χ1) is 10.7. The first-order valence-corrected chi connectivity index (χ1v) is 6.92. The van der Waals surface area contributed by atoms with Gasteiger partial charge in [0.25, 0.3) is 5.91 Å². The zero-order valence-corrected chi connectivity index (χ0v) is 12.2. The molecule has 0 atom stereocenters. The van der Waals surface area contributed by atoms with Crippen LogP contribution in [0.2, 0.25) is 0 Å². The Balaban J connectivity index is 2.05. The Bertz CT molecular complexity index is 750. The molecule has 2 aromatic rings. The van der Waals surface area contributed by atoms with Crippen LogP contribution < -0.4 is 5.32 Å². The second-order valence-electron chi connectivity index (χ2n) is 4.72. The van der Waals surface area contributed by atoms with Crippen LogP contribution in [-0.4, -0.2) is 17.4 Å². The van der Waals surface area contributed by atoms with E-state index in [1.807, 2.05) is 6.08 Å². The second-order valence-corrected chi connectivity index (χ2v) is 4.72. The third-order valence-corrected chi connectivity index (χ3v) is 3.22. The molecule has 3 nitrogen and oxygen atoms in total. The van der Waals surface area contributed by atoms with E-state index in [2.05, 4.69) is 23.5 Å². The van der Waals surface area contributed by atoms with E-state index < -0.39 is 5.82 Å². The Labute approximate surface area is 128 Å². The fourth-order valence-corrected chi connectivity index (χ4v) is 2.07. The molecule has 1 aromatic carbocycles. The summed E-state index contributed by atoms with van der Waals surface area (Å²) in [5, 5.41) is 3.41. The van der Waals surface area contributed by atoms with E-state index in [1.54, 1.807) is 30.4 Å². The largest absolute Gasteiger partial charge is 0.352 e. The molecule has 0 spiro atoms. The molecular weight excluding hydrogens is 279 g/mol. The number of pyridine rings is 1. The van der Waals surface area contributed by atoms with Crippen molar-refractivity contribution in [3.63, 3.8) is 0 Å². The molecule has 0 aliphatic rings. The standard InChI is InChI=1S/C18H17FN2O/c1-3-6-13(4-2)9-10-20-18(22)15-11-14-7-5-8-16(19)17(14)21-12-15/h3-8,11-12H,1-2,9-10H2,(H,20,22)/b13-6+. The van der Waals surface area contributed by atoms with Crippen LogP contribution >= 0.6 is 0 Å². The molecule has 0 radical (unpaired) electrons. The summed E-state index contributed by atoms with van der Waals surface area (Å²) in [4.78, 5) is 16.1. The molecule has 1 amide bonds. The molecule has 0 saturated heterocycles. The molecule has 4 heteroatoms. The number of amides is 1. The Morgan fingerprint density at radius 3 is 2.91 bits per heavy atom. The number of allylic oxidation sites excluding steroid dienone is 3. The number of para-hydroxylation sites is 1. The van der Waals surface area contributed by atoms with Crippen molar-refractivity contribution < 1.29 is 9.18 Å². The minimum absolute atomic E-state index is 0.235. The van der Waals surface area contributed by atoms with E-state index in [9.17, 15) is 9.18 Å². The van der Waals surface area contributed by atoms with Gasteiger partial charge in [-0.3, -0.25) is 9.78 Å². The van der Waals surface area contributed by atoms with Crippen LogP contribution in [0.3, 0.4) is 0 Å². The van der Waals surface area contributed by atoms with Gasteiger partial charge in [0, 0.05) is 18.1 Å². The van der Waals surface area contributed by atoms with Crippen LogP contribution in [0.5, 0.6) is 0 Å². The summed E-state index contributed by atoms with van der Waals surface area (Å²) in [6.45, 7) is 7.81. The summed E-state index contributed by atoms with van der Waals surface area (Å²) < 4.78 is 13.5. The Morgan fingerprint density at radius 2 is 2.18 bits per heavy atom. The third-order valence-electron chi connectivity index (χ3n) is 3.22. The van der Waals surface area contributed by atoms with Gasteiger partial charge in [-0.15, -0.1) is 0 Å². The molecule has 1 heterocycles. The quantitative estimate of drug-likeness (QED) is 0.824.